The number of rotatable bonds is 6. The lowest BCUT2D eigenvalue weighted by Gasteiger charge is -2.17. The first kappa shape index (κ1) is 19.0. The van der Waals surface area contributed by atoms with Crippen LogP contribution < -0.4 is 4.74 Å². The molecular weight excluding hydrogens is 342 g/mol. The van der Waals surface area contributed by atoms with Crippen molar-refractivity contribution in [3.8, 4) is 5.75 Å². The van der Waals surface area contributed by atoms with Gasteiger partial charge in [-0.2, -0.15) is 0 Å². The van der Waals surface area contributed by atoms with Crippen LogP contribution in [0.5, 0.6) is 5.75 Å². The van der Waals surface area contributed by atoms with Gasteiger partial charge < -0.3 is 14.7 Å². The molecule has 2 atom stereocenters. The van der Waals surface area contributed by atoms with Crippen molar-refractivity contribution >= 4 is 11.9 Å². The predicted octanol–water partition coefficient (Wildman–Crippen LogP) is 3.40. The zero-order valence-electron chi connectivity index (χ0n) is 15.7. The molecule has 27 heavy (non-hydrogen) atoms. The Morgan fingerprint density at radius 1 is 1.11 bits per heavy atom. The van der Waals surface area contributed by atoms with Gasteiger partial charge >= 0.3 is 5.97 Å². The molecule has 5 heteroatoms. The molecule has 2 aromatic carbocycles. The zero-order chi connectivity index (χ0) is 19.4. The number of amides is 1. The second-order valence-corrected chi connectivity index (χ2v) is 7.13. The molecule has 0 aliphatic carbocycles. The molecule has 0 radical (unpaired) electrons. The van der Waals surface area contributed by atoms with E-state index in [4.69, 9.17) is 4.74 Å². The Hall–Kier alpha value is -2.82. The molecule has 3 rings (SSSR count). The summed E-state index contributed by atoms with van der Waals surface area (Å²) in [6.45, 7) is 4.97. The molecule has 2 unspecified atom stereocenters. The molecule has 142 valence electrons. The number of carbonyl (C=O) groups excluding carboxylic acids is 1. The van der Waals surface area contributed by atoms with Crippen LogP contribution in [0.15, 0.2) is 48.5 Å². The van der Waals surface area contributed by atoms with E-state index < -0.39 is 11.9 Å². The van der Waals surface area contributed by atoms with Gasteiger partial charge in [-0.25, -0.2) is 0 Å². The number of benzene rings is 2. The summed E-state index contributed by atoms with van der Waals surface area (Å²) >= 11 is 0. The van der Waals surface area contributed by atoms with Crippen LogP contribution in [-0.4, -0.2) is 41.6 Å². The lowest BCUT2D eigenvalue weighted by atomic mass is 9.89. The highest BCUT2D eigenvalue weighted by Gasteiger charge is 2.40. The fourth-order valence-electron chi connectivity index (χ4n) is 3.66. The largest absolute Gasteiger partial charge is 0.493 e. The predicted molar refractivity (Wildman–Crippen MR) is 103 cm³/mol. The van der Waals surface area contributed by atoms with E-state index in [9.17, 15) is 14.7 Å². The minimum Gasteiger partial charge on any atom is -0.493 e. The third-order valence-electron chi connectivity index (χ3n) is 5.12. The van der Waals surface area contributed by atoms with Crippen LogP contribution >= 0.6 is 0 Å². The maximum absolute atomic E-state index is 12.6. The Kier molecular flexibility index (Phi) is 5.79. The van der Waals surface area contributed by atoms with Gasteiger partial charge in [0, 0.05) is 19.0 Å². The molecule has 1 saturated heterocycles. The van der Waals surface area contributed by atoms with Crippen LogP contribution in [0.1, 0.15) is 29.0 Å². The van der Waals surface area contributed by atoms with E-state index in [1.54, 1.807) is 4.90 Å². The van der Waals surface area contributed by atoms with Gasteiger partial charge in [-0.1, -0.05) is 48.0 Å². The number of carboxylic acid groups (broad SMARTS) is 1. The highest BCUT2D eigenvalue weighted by Crippen LogP contribution is 2.33. The Morgan fingerprint density at radius 2 is 1.85 bits per heavy atom. The number of carbonyl (C=O) groups is 2. The highest BCUT2D eigenvalue weighted by molar-refractivity contribution is 5.79. The second-order valence-electron chi connectivity index (χ2n) is 7.13. The average molecular weight is 367 g/mol. The quantitative estimate of drug-likeness (QED) is 0.850. The van der Waals surface area contributed by atoms with Crippen molar-refractivity contribution in [2.45, 2.75) is 26.2 Å². The van der Waals surface area contributed by atoms with E-state index in [0.717, 1.165) is 16.9 Å². The minimum absolute atomic E-state index is 0.0653. The molecule has 1 fully saturated rings. The molecule has 5 nitrogen and oxygen atoms in total. The average Bonchev–Trinajstić information content (AvgIpc) is 3.10. The third-order valence-corrected chi connectivity index (χ3v) is 5.12. The number of carboxylic acids is 1. The third kappa shape index (κ3) is 4.48. The van der Waals surface area contributed by atoms with Gasteiger partial charge in [0.2, 0.25) is 5.91 Å². The van der Waals surface area contributed by atoms with Crippen molar-refractivity contribution in [3.63, 3.8) is 0 Å². The summed E-state index contributed by atoms with van der Waals surface area (Å²) in [5.74, 6) is -0.889. The van der Waals surface area contributed by atoms with E-state index in [0.29, 0.717) is 6.54 Å². The molecule has 1 amide bonds. The number of nitrogens with zero attached hydrogens (tertiary/aromatic N) is 1. The normalized spacial score (nSPS) is 19.1. The molecule has 0 spiro atoms. The lowest BCUT2D eigenvalue weighted by Crippen LogP contribution is -2.30. The number of aliphatic carboxylic acids is 1. The van der Waals surface area contributed by atoms with Crippen LogP contribution in [0, 0.1) is 19.8 Å². The summed E-state index contributed by atoms with van der Waals surface area (Å²) in [4.78, 5) is 25.9. The molecule has 2 aromatic rings. The van der Waals surface area contributed by atoms with Crippen LogP contribution in [0.2, 0.25) is 0 Å². The van der Waals surface area contributed by atoms with Gasteiger partial charge in [0.05, 0.1) is 18.9 Å². The Morgan fingerprint density at radius 3 is 2.52 bits per heavy atom. The van der Waals surface area contributed by atoms with Crippen molar-refractivity contribution in [3.05, 3.63) is 65.2 Å². The number of hydrogen-bond acceptors (Lipinski definition) is 3. The lowest BCUT2D eigenvalue weighted by molar-refractivity contribution is -0.141. The number of aryl methyl sites for hydroxylation is 2. The van der Waals surface area contributed by atoms with Crippen molar-refractivity contribution in [2.24, 2.45) is 5.92 Å². The standard InChI is InChI=1S/C22H25NO4/c1-15-8-9-20(16(2)12-15)27-11-10-21(24)23-13-18(19(14-23)22(25)26)17-6-4-3-5-7-17/h3-9,12,18-19H,10-11,13-14H2,1-2H3,(H,25,26). The first-order valence-electron chi connectivity index (χ1n) is 9.21. The van der Waals surface area contributed by atoms with Gasteiger partial charge in [0.1, 0.15) is 5.75 Å². The molecule has 0 aromatic heterocycles. The summed E-state index contributed by atoms with van der Waals surface area (Å²) in [7, 11) is 0. The molecule has 1 aliphatic heterocycles. The molecule has 1 aliphatic rings. The van der Waals surface area contributed by atoms with Crippen LogP contribution in [-0.2, 0) is 9.59 Å². The van der Waals surface area contributed by atoms with E-state index in [1.165, 1.54) is 5.56 Å². The summed E-state index contributed by atoms with van der Waals surface area (Å²) in [5.41, 5.74) is 3.17. The summed E-state index contributed by atoms with van der Waals surface area (Å²) in [6.07, 6.45) is 0.237. The first-order valence-corrected chi connectivity index (χ1v) is 9.21. The Balaban J connectivity index is 1.59. The molecule has 1 N–H and O–H groups in total. The van der Waals surface area contributed by atoms with Crippen molar-refractivity contribution in [1.82, 2.24) is 4.90 Å². The van der Waals surface area contributed by atoms with Gasteiger partial charge in [-0.15, -0.1) is 0 Å². The van der Waals surface area contributed by atoms with Gasteiger partial charge in [0.15, 0.2) is 0 Å². The van der Waals surface area contributed by atoms with Gasteiger partial charge in [0.25, 0.3) is 0 Å². The molecule has 0 saturated carbocycles. The van der Waals surface area contributed by atoms with Crippen LogP contribution in [0.3, 0.4) is 0 Å². The smallest absolute Gasteiger partial charge is 0.308 e. The topological polar surface area (TPSA) is 66.8 Å². The maximum Gasteiger partial charge on any atom is 0.308 e. The molecular formula is C22H25NO4. The highest BCUT2D eigenvalue weighted by atomic mass is 16.5. The number of ether oxygens (including phenoxy) is 1. The van der Waals surface area contributed by atoms with E-state index in [1.807, 2.05) is 62.4 Å². The van der Waals surface area contributed by atoms with E-state index >= 15 is 0 Å². The second kappa shape index (κ2) is 8.25. The van der Waals surface area contributed by atoms with E-state index in [-0.39, 0.29) is 31.4 Å². The zero-order valence-corrected chi connectivity index (χ0v) is 15.7. The molecule has 0 bridgehead atoms. The summed E-state index contributed by atoms with van der Waals surface area (Å²) in [5, 5.41) is 9.56. The minimum atomic E-state index is -0.856. The van der Waals surface area contributed by atoms with Crippen LogP contribution in [0.4, 0.5) is 0 Å². The first-order chi connectivity index (χ1) is 13.0. The Labute approximate surface area is 159 Å². The fourth-order valence-corrected chi connectivity index (χ4v) is 3.66. The maximum atomic E-state index is 12.6. The van der Waals surface area contributed by atoms with Crippen LogP contribution in [0.25, 0.3) is 0 Å². The Bertz CT molecular complexity index is 818. The van der Waals surface area contributed by atoms with E-state index in [2.05, 4.69) is 0 Å². The summed E-state index contributed by atoms with van der Waals surface area (Å²) < 4.78 is 5.74. The van der Waals surface area contributed by atoms with Gasteiger partial charge in [-0.05, 0) is 31.0 Å². The molecule has 1 heterocycles. The fraction of sp³-hybridized carbons (Fsp3) is 0.364. The number of likely N-dealkylation sites (tertiary alicyclic amines) is 1. The van der Waals surface area contributed by atoms with Crippen molar-refractivity contribution in [2.75, 3.05) is 19.7 Å². The SMILES string of the molecule is Cc1ccc(OCCC(=O)N2CC(C(=O)O)C(c3ccccc3)C2)c(C)c1. The van der Waals surface area contributed by atoms with Gasteiger partial charge in [-0.3, -0.25) is 9.59 Å². The van der Waals surface area contributed by atoms with Crippen molar-refractivity contribution in [1.29, 1.82) is 0 Å². The number of hydrogen-bond donors (Lipinski definition) is 1. The van der Waals surface area contributed by atoms with Crippen molar-refractivity contribution < 1.29 is 19.4 Å². The summed E-state index contributed by atoms with van der Waals surface area (Å²) in [6, 6.07) is 15.5. The monoisotopic (exact) mass is 367 g/mol.